The number of aliphatic carboxylic acids is 1. The zero-order chi connectivity index (χ0) is 30.5. The molecular formula is C29H39N7O6. The molecule has 13 heteroatoms. The highest BCUT2D eigenvalue weighted by Gasteiger charge is 2.31. The van der Waals surface area contributed by atoms with Crippen LogP contribution in [0.25, 0.3) is 0 Å². The van der Waals surface area contributed by atoms with E-state index in [0.717, 1.165) is 12.0 Å². The average molecular weight is 582 g/mol. The number of carboxylic acids is 1. The summed E-state index contributed by atoms with van der Waals surface area (Å²) < 4.78 is 0. The van der Waals surface area contributed by atoms with Gasteiger partial charge in [-0.2, -0.15) is 0 Å². The first-order chi connectivity index (χ1) is 20.1. The molecule has 0 spiro atoms. The van der Waals surface area contributed by atoms with E-state index < -0.39 is 42.0 Å². The Kier molecular flexibility index (Phi) is 12.1. The lowest BCUT2D eigenvalue weighted by atomic mass is 10.0. The Morgan fingerprint density at radius 2 is 1.50 bits per heavy atom. The number of hydrogen-bond donors (Lipinski definition) is 8. The summed E-state index contributed by atoms with van der Waals surface area (Å²) in [5.41, 5.74) is 12.2. The maximum absolute atomic E-state index is 13.6. The number of phenols is 1. The molecule has 1 aliphatic rings. The molecule has 4 atom stereocenters. The van der Waals surface area contributed by atoms with E-state index in [1.807, 2.05) is 0 Å². The summed E-state index contributed by atoms with van der Waals surface area (Å²) in [6.45, 7) is 0.883. The van der Waals surface area contributed by atoms with Crippen molar-refractivity contribution in [3.8, 4) is 5.75 Å². The second-order valence-electron chi connectivity index (χ2n) is 10.2. The molecule has 13 nitrogen and oxygen atoms in total. The minimum Gasteiger partial charge on any atom is -0.508 e. The van der Waals surface area contributed by atoms with Crippen LogP contribution in [0.1, 0.15) is 36.8 Å². The van der Waals surface area contributed by atoms with E-state index in [4.69, 9.17) is 11.5 Å². The summed E-state index contributed by atoms with van der Waals surface area (Å²) >= 11 is 0. The van der Waals surface area contributed by atoms with Gasteiger partial charge in [-0.15, -0.1) is 0 Å². The second kappa shape index (κ2) is 16.0. The number of nitrogens with one attached hydrogen (secondary N) is 4. The van der Waals surface area contributed by atoms with Crippen LogP contribution in [0.15, 0.2) is 59.6 Å². The minimum atomic E-state index is -1.24. The monoisotopic (exact) mass is 581 g/mol. The van der Waals surface area contributed by atoms with Gasteiger partial charge in [0, 0.05) is 19.4 Å². The second-order valence-corrected chi connectivity index (χ2v) is 10.2. The Morgan fingerprint density at radius 1 is 0.881 bits per heavy atom. The molecule has 42 heavy (non-hydrogen) atoms. The van der Waals surface area contributed by atoms with Gasteiger partial charge in [-0.3, -0.25) is 19.4 Å². The quantitative estimate of drug-likeness (QED) is 0.0772. The number of guanidine groups is 1. The standard InChI is InChI=1S/C29H39N7O6/c30-29(31)33-15-5-9-22(26(39)36-24(28(41)42)17-18-6-2-1-3-7-18)34-27(40)23(16-19-10-12-20(37)13-11-19)35-25(38)21-8-4-14-32-21/h1-3,6-7,10-13,21-24,32,37H,4-5,8-9,14-17H2,(H,34,40)(H,35,38)(H,36,39)(H,41,42)(H4,30,31,33). The highest BCUT2D eigenvalue weighted by atomic mass is 16.4. The molecule has 0 aliphatic carbocycles. The van der Waals surface area contributed by atoms with Crippen molar-refractivity contribution in [1.29, 1.82) is 0 Å². The third-order valence-electron chi connectivity index (χ3n) is 6.86. The summed E-state index contributed by atoms with van der Waals surface area (Å²) in [5, 5.41) is 30.5. The van der Waals surface area contributed by atoms with Gasteiger partial charge in [0.25, 0.3) is 0 Å². The molecular weight excluding hydrogens is 542 g/mol. The lowest BCUT2D eigenvalue weighted by molar-refractivity contribution is -0.142. The van der Waals surface area contributed by atoms with Crippen LogP contribution in [-0.4, -0.2) is 77.1 Å². The van der Waals surface area contributed by atoms with Crippen LogP contribution in [0.5, 0.6) is 5.75 Å². The van der Waals surface area contributed by atoms with Crippen molar-refractivity contribution in [2.75, 3.05) is 13.1 Å². The molecule has 3 amide bonds. The molecule has 0 radical (unpaired) electrons. The van der Waals surface area contributed by atoms with Crippen LogP contribution in [0.4, 0.5) is 0 Å². The van der Waals surface area contributed by atoms with Crippen LogP contribution in [0, 0.1) is 0 Å². The summed E-state index contributed by atoms with van der Waals surface area (Å²) in [4.78, 5) is 55.7. The molecule has 2 aromatic rings. The fourth-order valence-corrected chi connectivity index (χ4v) is 4.62. The molecule has 10 N–H and O–H groups in total. The molecule has 0 bridgehead atoms. The van der Waals surface area contributed by atoms with E-state index >= 15 is 0 Å². The molecule has 1 saturated heterocycles. The van der Waals surface area contributed by atoms with Crippen molar-refractivity contribution in [2.45, 2.75) is 62.7 Å². The third-order valence-corrected chi connectivity index (χ3v) is 6.86. The molecule has 1 heterocycles. The summed E-state index contributed by atoms with van der Waals surface area (Å²) in [6, 6.07) is 11.2. The molecule has 0 aromatic heterocycles. The van der Waals surface area contributed by atoms with Gasteiger partial charge in [-0.25, -0.2) is 4.79 Å². The van der Waals surface area contributed by atoms with Crippen molar-refractivity contribution in [2.24, 2.45) is 16.5 Å². The summed E-state index contributed by atoms with van der Waals surface area (Å²) in [5.74, 6) is -2.94. The van der Waals surface area contributed by atoms with Gasteiger partial charge >= 0.3 is 5.97 Å². The Bertz CT molecular complexity index is 1230. The SMILES string of the molecule is NC(N)=NCCCC(NC(=O)C(Cc1ccc(O)cc1)NC(=O)C1CCCN1)C(=O)NC(Cc1ccccc1)C(=O)O. The zero-order valence-corrected chi connectivity index (χ0v) is 23.3. The number of rotatable bonds is 15. The van der Waals surface area contributed by atoms with E-state index in [-0.39, 0.29) is 43.4 Å². The molecule has 0 saturated carbocycles. The largest absolute Gasteiger partial charge is 0.508 e. The van der Waals surface area contributed by atoms with Gasteiger partial charge < -0.3 is 42.9 Å². The minimum absolute atomic E-state index is 0.0461. The number of carboxylic acid groups (broad SMARTS) is 1. The van der Waals surface area contributed by atoms with Crippen LogP contribution in [-0.2, 0) is 32.0 Å². The van der Waals surface area contributed by atoms with Crippen molar-refractivity contribution in [1.82, 2.24) is 21.3 Å². The van der Waals surface area contributed by atoms with Gasteiger partial charge in [-0.1, -0.05) is 42.5 Å². The Balaban J connectivity index is 1.78. The number of nitrogens with two attached hydrogens (primary N) is 2. The number of amides is 3. The highest BCUT2D eigenvalue weighted by Crippen LogP contribution is 2.13. The van der Waals surface area contributed by atoms with Gasteiger partial charge in [0.2, 0.25) is 17.7 Å². The van der Waals surface area contributed by atoms with Gasteiger partial charge in [-0.05, 0) is 55.5 Å². The number of phenolic OH excluding ortho intramolecular Hbond substituents is 1. The van der Waals surface area contributed by atoms with Crippen LogP contribution < -0.4 is 32.7 Å². The molecule has 4 unspecified atom stereocenters. The first-order valence-corrected chi connectivity index (χ1v) is 13.9. The predicted molar refractivity (Wildman–Crippen MR) is 156 cm³/mol. The number of aromatic hydroxyl groups is 1. The van der Waals surface area contributed by atoms with Gasteiger partial charge in [0.15, 0.2) is 5.96 Å². The maximum atomic E-state index is 13.6. The van der Waals surface area contributed by atoms with E-state index in [1.54, 1.807) is 42.5 Å². The molecule has 1 aliphatic heterocycles. The highest BCUT2D eigenvalue weighted by molar-refractivity contribution is 5.94. The van der Waals surface area contributed by atoms with Crippen molar-refractivity contribution in [3.05, 3.63) is 65.7 Å². The molecule has 3 rings (SSSR count). The van der Waals surface area contributed by atoms with Crippen molar-refractivity contribution >= 4 is 29.7 Å². The predicted octanol–water partition coefficient (Wildman–Crippen LogP) is -0.478. The number of aliphatic imine (C=N–C) groups is 1. The first-order valence-electron chi connectivity index (χ1n) is 13.9. The lowest BCUT2D eigenvalue weighted by Crippen LogP contribution is -2.57. The fraction of sp³-hybridized carbons (Fsp3) is 0.414. The Labute approximate surface area is 244 Å². The van der Waals surface area contributed by atoms with E-state index in [9.17, 15) is 29.4 Å². The normalized spacial score (nSPS) is 16.4. The fourth-order valence-electron chi connectivity index (χ4n) is 4.62. The summed E-state index contributed by atoms with van der Waals surface area (Å²) in [7, 11) is 0. The number of benzene rings is 2. The smallest absolute Gasteiger partial charge is 0.326 e. The van der Waals surface area contributed by atoms with E-state index in [1.165, 1.54) is 12.1 Å². The molecule has 1 fully saturated rings. The topological polar surface area (TPSA) is 221 Å². The molecule has 2 aromatic carbocycles. The number of hydrogen-bond acceptors (Lipinski definition) is 7. The first kappa shape index (κ1) is 31.9. The Hall–Kier alpha value is -4.65. The van der Waals surface area contributed by atoms with Crippen LogP contribution in [0.3, 0.4) is 0 Å². The number of carbonyl (C=O) groups is 4. The number of nitrogens with zero attached hydrogens (tertiary/aromatic N) is 1. The van der Waals surface area contributed by atoms with Crippen molar-refractivity contribution < 1.29 is 29.4 Å². The lowest BCUT2D eigenvalue weighted by Gasteiger charge is -2.25. The Morgan fingerprint density at radius 3 is 2.12 bits per heavy atom. The molecule has 226 valence electrons. The van der Waals surface area contributed by atoms with E-state index in [0.29, 0.717) is 24.9 Å². The van der Waals surface area contributed by atoms with Crippen LogP contribution in [0.2, 0.25) is 0 Å². The third kappa shape index (κ3) is 10.4. The van der Waals surface area contributed by atoms with Gasteiger partial charge in [0.1, 0.15) is 23.9 Å². The van der Waals surface area contributed by atoms with Gasteiger partial charge in [0.05, 0.1) is 6.04 Å². The van der Waals surface area contributed by atoms with Crippen LogP contribution >= 0.6 is 0 Å². The zero-order valence-electron chi connectivity index (χ0n) is 23.3. The summed E-state index contributed by atoms with van der Waals surface area (Å²) in [6.07, 6.45) is 2.03. The maximum Gasteiger partial charge on any atom is 0.326 e. The van der Waals surface area contributed by atoms with E-state index in [2.05, 4.69) is 26.3 Å². The number of carbonyl (C=O) groups excluding carboxylic acids is 3. The average Bonchev–Trinajstić information content (AvgIpc) is 3.51. The van der Waals surface area contributed by atoms with Crippen molar-refractivity contribution in [3.63, 3.8) is 0 Å².